The van der Waals surface area contributed by atoms with Gasteiger partial charge in [-0.3, -0.25) is 0 Å². The SMILES string of the molecule is COc1ccc(-n2ncc3c(N4CCCC(C)C4)ncnc32)cc1. The highest BCUT2D eigenvalue weighted by atomic mass is 16.5. The molecule has 1 unspecified atom stereocenters. The molecular weight excluding hydrogens is 302 g/mol. The summed E-state index contributed by atoms with van der Waals surface area (Å²) in [5, 5.41) is 5.54. The van der Waals surface area contributed by atoms with Gasteiger partial charge in [0.25, 0.3) is 0 Å². The number of piperidine rings is 1. The van der Waals surface area contributed by atoms with E-state index in [1.54, 1.807) is 13.4 Å². The van der Waals surface area contributed by atoms with Gasteiger partial charge in [-0.15, -0.1) is 0 Å². The molecule has 1 atom stereocenters. The van der Waals surface area contributed by atoms with Crippen LogP contribution in [0.15, 0.2) is 36.8 Å². The summed E-state index contributed by atoms with van der Waals surface area (Å²) in [6.45, 7) is 4.38. The topological polar surface area (TPSA) is 56.1 Å². The number of rotatable bonds is 3. The Morgan fingerprint density at radius 2 is 2.00 bits per heavy atom. The number of anilines is 1. The first kappa shape index (κ1) is 14.9. The molecule has 124 valence electrons. The molecule has 24 heavy (non-hydrogen) atoms. The summed E-state index contributed by atoms with van der Waals surface area (Å²) in [6, 6.07) is 7.82. The minimum atomic E-state index is 0.695. The largest absolute Gasteiger partial charge is 0.497 e. The van der Waals surface area contributed by atoms with E-state index in [0.29, 0.717) is 5.92 Å². The Morgan fingerprint density at radius 3 is 2.75 bits per heavy atom. The maximum absolute atomic E-state index is 5.22. The summed E-state index contributed by atoms with van der Waals surface area (Å²) in [5.74, 6) is 2.51. The van der Waals surface area contributed by atoms with E-state index in [4.69, 9.17) is 4.74 Å². The van der Waals surface area contributed by atoms with Gasteiger partial charge in [0.1, 0.15) is 17.9 Å². The molecule has 1 aromatic carbocycles. The molecule has 1 saturated heterocycles. The molecule has 0 spiro atoms. The summed E-state index contributed by atoms with van der Waals surface area (Å²) < 4.78 is 7.08. The first-order valence-corrected chi connectivity index (χ1v) is 8.34. The molecule has 0 amide bonds. The molecule has 1 aliphatic rings. The van der Waals surface area contributed by atoms with E-state index in [2.05, 4.69) is 26.9 Å². The van der Waals surface area contributed by atoms with Gasteiger partial charge in [0.15, 0.2) is 5.65 Å². The first-order valence-electron chi connectivity index (χ1n) is 8.34. The molecule has 0 saturated carbocycles. The van der Waals surface area contributed by atoms with Crippen LogP contribution < -0.4 is 9.64 Å². The van der Waals surface area contributed by atoms with Crippen molar-refractivity contribution in [3.63, 3.8) is 0 Å². The van der Waals surface area contributed by atoms with Crippen molar-refractivity contribution in [3.05, 3.63) is 36.8 Å². The molecule has 0 N–H and O–H groups in total. The third-order valence-corrected chi connectivity index (χ3v) is 4.62. The lowest BCUT2D eigenvalue weighted by atomic mass is 10.0. The Hall–Kier alpha value is -2.63. The predicted octanol–water partition coefficient (Wildman–Crippen LogP) is 3.06. The van der Waals surface area contributed by atoms with Crippen molar-refractivity contribution in [2.75, 3.05) is 25.1 Å². The molecule has 6 nitrogen and oxygen atoms in total. The van der Waals surface area contributed by atoms with Gasteiger partial charge < -0.3 is 9.64 Å². The zero-order chi connectivity index (χ0) is 16.5. The highest BCUT2D eigenvalue weighted by Crippen LogP contribution is 2.28. The fraction of sp³-hybridized carbons (Fsp3) is 0.389. The lowest BCUT2D eigenvalue weighted by molar-refractivity contribution is 0.414. The fourth-order valence-electron chi connectivity index (χ4n) is 3.38. The van der Waals surface area contributed by atoms with Crippen molar-refractivity contribution in [1.82, 2.24) is 19.7 Å². The molecule has 6 heteroatoms. The normalized spacial score (nSPS) is 18.1. The van der Waals surface area contributed by atoms with Gasteiger partial charge in [-0.1, -0.05) is 6.92 Å². The van der Waals surface area contributed by atoms with Crippen LogP contribution in [0.4, 0.5) is 5.82 Å². The number of aromatic nitrogens is 4. The molecule has 0 aliphatic carbocycles. The molecule has 0 bridgehead atoms. The second kappa shape index (κ2) is 6.11. The second-order valence-corrected chi connectivity index (χ2v) is 6.38. The van der Waals surface area contributed by atoms with Crippen LogP contribution in [0.2, 0.25) is 0 Å². The highest BCUT2D eigenvalue weighted by Gasteiger charge is 2.21. The fourth-order valence-corrected chi connectivity index (χ4v) is 3.38. The Labute approximate surface area is 141 Å². The molecule has 0 radical (unpaired) electrons. The van der Waals surface area contributed by atoms with Crippen LogP contribution in [-0.4, -0.2) is 39.9 Å². The van der Waals surface area contributed by atoms with Crippen LogP contribution >= 0.6 is 0 Å². The Kier molecular flexibility index (Phi) is 3.80. The summed E-state index contributed by atoms with van der Waals surface area (Å²) in [4.78, 5) is 11.4. The van der Waals surface area contributed by atoms with Gasteiger partial charge in [0, 0.05) is 13.1 Å². The van der Waals surface area contributed by atoms with E-state index in [1.165, 1.54) is 12.8 Å². The number of hydrogen-bond donors (Lipinski definition) is 0. The van der Waals surface area contributed by atoms with Crippen molar-refractivity contribution in [2.24, 2.45) is 5.92 Å². The summed E-state index contributed by atoms with van der Waals surface area (Å²) in [7, 11) is 1.66. The van der Waals surface area contributed by atoms with Crippen LogP contribution in [0.3, 0.4) is 0 Å². The Morgan fingerprint density at radius 1 is 1.17 bits per heavy atom. The van der Waals surface area contributed by atoms with Gasteiger partial charge in [-0.2, -0.15) is 5.10 Å². The lowest BCUT2D eigenvalue weighted by Crippen LogP contribution is -2.34. The lowest BCUT2D eigenvalue weighted by Gasteiger charge is -2.31. The predicted molar refractivity (Wildman–Crippen MR) is 93.8 cm³/mol. The van der Waals surface area contributed by atoms with E-state index >= 15 is 0 Å². The third-order valence-electron chi connectivity index (χ3n) is 4.62. The van der Waals surface area contributed by atoms with E-state index in [1.807, 2.05) is 35.1 Å². The minimum Gasteiger partial charge on any atom is -0.497 e. The summed E-state index contributed by atoms with van der Waals surface area (Å²) >= 11 is 0. The van der Waals surface area contributed by atoms with Crippen LogP contribution in [-0.2, 0) is 0 Å². The monoisotopic (exact) mass is 323 g/mol. The van der Waals surface area contributed by atoms with Crippen LogP contribution in [0, 0.1) is 5.92 Å². The van der Waals surface area contributed by atoms with Crippen molar-refractivity contribution in [2.45, 2.75) is 19.8 Å². The van der Waals surface area contributed by atoms with Crippen LogP contribution in [0.25, 0.3) is 16.7 Å². The Bertz CT molecular complexity index is 842. The van der Waals surface area contributed by atoms with Crippen LogP contribution in [0.1, 0.15) is 19.8 Å². The highest BCUT2D eigenvalue weighted by molar-refractivity contribution is 5.87. The first-order chi connectivity index (χ1) is 11.8. The third kappa shape index (κ3) is 2.58. The van der Waals surface area contributed by atoms with E-state index in [-0.39, 0.29) is 0 Å². The smallest absolute Gasteiger partial charge is 0.168 e. The molecule has 3 aromatic rings. The number of hydrogen-bond acceptors (Lipinski definition) is 5. The quantitative estimate of drug-likeness (QED) is 0.741. The average Bonchev–Trinajstić information content (AvgIpc) is 3.06. The molecule has 1 aliphatic heterocycles. The van der Waals surface area contributed by atoms with Crippen molar-refractivity contribution in [1.29, 1.82) is 0 Å². The number of fused-ring (bicyclic) bond motifs is 1. The molecule has 4 rings (SSSR count). The second-order valence-electron chi connectivity index (χ2n) is 6.38. The molecule has 3 heterocycles. The van der Waals surface area contributed by atoms with Gasteiger partial charge >= 0.3 is 0 Å². The van der Waals surface area contributed by atoms with Gasteiger partial charge in [-0.25, -0.2) is 14.6 Å². The molecular formula is C18H21N5O. The maximum atomic E-state index is 5.22. The van der Waals surface area contributed by atoms with Crippen LogP contribution in [0.5, 0.6) is 5.75 Å². The van der Waals surface area contributed by atoms with Crippen molar-refractivity contribution >= 4 is 16.9 Å². The van der Waals surface area contributed by atoms with Crippen molar-refractivity contribution < 1.29 is 4.74 Å². The summed E-state index contributed by atoms with van der Waals surface area (Å²) in [5.41, 5.74) is 1.80. The minimum absolute atomic E-state index is 0.695. The average molecular weight is 323 g/mol. The van der Waals surface area contributed by atoms with Gasteiger partial charge in [0.2, 0.25) is 0 Å². The molecule has 2 aromatic heterocycles. The molecule has 1 fully saturated rings. The van der Waals surface area contributed by atoms with Gasteiger partial charge in [0.05, 0.1) is 24.4 Å². The number of nitrogens with zero attached hydrogens (tertiary/aromatic N) is 5. The number of methoxy groups -OCH3 is 1. The van der Waals surface area contributed by atoms with E-state index in [9.17, 15) is 0 Å². The zero-order valence-corrected chi connectivity index (χ0v) is 14.0. The van der Waals surface area contributed by atoms with E-state index < -0.39 is 0 Å². The Balaban J connectivity index is 1.75. The van der Waals surface area contributed by atoms with E-state index in [0.717, 1.165) is 41.4 Å². The number of ether oxygens (including phenoxy) is 1. The standard InChI is InChI=1S/C18H21N5O/c1-13-4-3-9-22(11-13)17-16-10-21-23(18(16)20-12-19-17)14-5-7-15(24-2)8-6-14/h5-8,10,12-13H,3-4,9,11H2,1-2H3. The van der Waals surface area contributed by atoms with Gasteiger partial charge in [-0.05, 0) is 43.0 Å². The summed E-state index contributed by atoms with van der Waals surface area (Å²) in [6.07, 6.45) is 6.00. The maximum Gasteiger partial charge on any atom is 0.168 e. The van der Waals surface area contributed by atoms with Crippen molar-refractivity contribution in [3.8, 4) is 11.4 Å². The zero-order valence-electron chi connectivity index (χ0n) is 14.0. The number of benzene rings is 1.